The van der Waals surface area contributed by atoms with Gasteiger partial charge in [0.25, 0.3) is 0 Å². The molecule has 0 aliphatic heterocycles. The third-order valence-corrected chi connectivity index (χ3v) is 3.36. The second-order valence-corrected chi connectivity index (χ2v) is 5.63. The minimum absolute atomic E-state index is 0.106. The van der Waals surface area contributed by atoms with Crippen LogP contribution in [0.25, 0.3) is 0 Å². The first kappa shape index (κ1) is 16.4. The van der Waals surface area contributed by atoms with Gasteiger partial charge >= 0.3 is 0 Å². The van der Waals surface area contributed by atoms with Gasteiger partial charge in [-0.25, -0.2) is 4.39 Å². The van der Waals surface area contributed by atoms with Crippen LogP contribution < -0.4 is 15.9 Å². The van der Waals surface area contributed by atoms with E-state index < -0.39 is 0 Å². The number of benzene rings is 2. The van der Waals surface area contributed by atoms with Crippen LogP contribution in [0, 0.1) is 5.82 Å². The van der Waals surface area contributed by atoms with Gasteiger partial charge in [0.05, 0.1) is 10.7 Å². The molecule has 114 valence electrons. The topological polar surface area (TPSA) is 59.6 Å². The van der Waals surface area contributed by atoms with Crippen LogP contribution in [-0.4, -0.2) is 11.3 Å². The zero-order valence-electron chi connectivity index (χ0n) is 11.4. The van der Waals surface area contributed by atoms with Crippen molar-refractivity contribution in [2.75, 3.05) is 0 Å². The molecule has 4 nitrogen and oxygen atoms in total. The average Bonchev–Trinajstić information content (AvgIpc) is 2.48. The molecule has 0 aliphatic carbocycles. The van der Waals surface area contributed by atoms with Crippen molar-refractivity contribution >= 4 is 39.5 Å². The van der Waals surface area contributed by atoms with Crippen LogP contribution in [0.15, 0.2) is 52.0 Å². The fourth-order valence-electron chi connectivity index (χ4n) is 1.63. The second kappa shape index (κ2) is 7.86. The number of nitrogens with one attached hydrogen (secondary N) is 1. The summed E-state index contributed by atoms with van der Waals surface area (Å²) in [6, 6.07) is 11.7. The van der Waals surface area contributed by atoms with Crippen LogP contribution >= 0.6 is 28.1 Å². The number of thiocarbonyl (C=S) groups is 1. The molecule has 0 spiro atoms. The number of hydrogen-bond donors (Lipinski definition) is 2. The molecule has 0 amide bonds. The molecule has 0 heterocycles. The largest absolute Gasteiger partial charge is 0.488 e. The molecule has 0 saturated heterocycles. The summed E-state index contributed by atoms with van der Waals surface area (Å²) in [5.41, 5.74) is 9.49. The summed E-state index contributed by atoms with van der Waals surface area (Å²) in [5, 5.41) is 3.98. The van der Waals surface area contributed by atoms with Gasteiger partial charge in [0.2, 0.25) is 0 Å². The van der Waals surface area contributed by atoms with Crippen molar-refractivity contribution in [3.8, 4) is 5.75 Å². The maximum Gasteiger partial charge on any atom is 0.184 e. The van der Waals surface area contributed by atoms with E-state index in [0.29, 0.717) is 12.4 Å². The van der Waals surface area contributed by atoms with Gasteiger partial charge in [-0.3, -0.25) is 5.43 Å². The summed E-state index contributed by atoms with van der Waals surface area (Å²) >= 11 is 8.08. The molecule has 0 bridgehead atoms. The van der Waals surface area contributed by atoms with E-state index in [2.05, 4.69) is 38.7 Å². The SMILES string of the molecule is NC(=S)NN=Cc1ccc(OCc2ccc(F)cc2)c(Br)c1. The molecule has 0 aliphatic rings. The van der Waals surface area contributed by atoms with Gasteiger partial charge < -0.3 is 10.5 Å². The van der Waals surface area contributed by atoms with Crippen LogP contribution in [0.5, 0.6) is 5.75 Å². The standard InChI is InChI=1S/C15H13BrFN3OS/c16-13-7-11(8-19-20-15(18)22)3-6-14(13)21-9-10-1-4-12(17)5-2-10/h1-8H,9H2,(H3,18,20,22). The summed E-state index contributed by atoms with van der Waals surface area (Å²) in [7, 11) is 0. The van der Waals surface area contributed by atoms with E-state index in [9.17, 15) is 4.39 Å². The van der Waals surface area contributed by atoms with Gasteiger partial charge in [-0.05, 0) is 69.6 Å². The Hall–Kier alpha value is -1.99. The van der Waals surface area contributed by atoms with Crippen LogP contribution in [0.3, 0.4) is 0 Å². The highest BCUT2D eigenvalue weighted by Crippen LogP contribution is 2.26. The number of hydrogen-bond acceptors (Lipinski definition) is 3. The zero-order valence-corrected chi connectivity index (χ0v) is 13.8. The van der Waals surface area contributed by atoms with Crippen molar-refractivity contribution in [1.29, 1.82) is 0 Å². The molecular weight excluding hydrogens is 369 g/mol. The van der Waals surface area contributed by atoms with Gasteiger partial charge in [-0.2, -0.15) is 5.10 Å². The molecule has 0 aromatic heterocycles. The Morgan fingerprint density at radius 1 is 1.32 bits per heavy atom. The molecule has 0 radical (unpaired) electrons. The normalized spacial score (nSPS) is 10.6. The predicted molar refractivity (Wildman–Crippen MR) is 92.4 cm³/mol. The fourth-order valence-corrected chi connectivity index (χ4v) is 2.19. The molecule has 7 heteroatoms. The van der Waals surface area contributed by atoms with Crippen LogP contribution in [0.4, 0.5) is 4.39 Å². The Morgan fingerprint density at radius 2 is 2.05 bits per heavy atom. The number of nitrogens with two attached hydrogens (primary N) is 1. The molecular formula is C15H13BrFN3OS. The van der Waals surface area contributed by atoms with E-state index in [0.717, 1.165) is 15.6 Å². The molecule has 0 fully saturated rings. The lowest BCUT2D eigenvalue weighted by Gasteiger charge is -2.09. The lowest BCUT2D eigenvalue weighted by atomic mass is 10.2. The third-order valence-electron chi connectivity index (χ3n) is 2.65. The summed E-state index contributed by atoms with van der Waals surface area (Å²) in [6.45, 7) is 0.356. The van der Waals surface area contributed by atoms with Crippen molar-refractivity contribution < 1.29 is 9.13 Å². The smallest absolute Gasteiger partial charge is 0.184 e. The summed E-state index contributed by atoms with van der Waals surface area (Å²) < 4.78 is 19.3. The van der Waals surface area contributed by atoms with Crippen molar-refractivity contribution in [3.63, 3.8) is 0 Å². The predicted octanol–water partition coefficient (Wildman–Crippen LogP) is 3.33. The highest BCUT2D eigenvalue weighted by atomic mass is 79.9. The zero-order chi connectivity index (χ0) is 15.9. The summed E-state index contributed by atoms with van der Waals surface area (Å²) in [6.07, 6.45) is 1.59. The Kier molecular flexibility index (Phi) is 5.85. The van der Waals surface area contributed by atoms with E-state index in [1.54, 1.807) is 18.3 Å². The number of nitrogens with zero attached hydrogens (tertiary/aromatic N) is 1. The molecule has 0 atom stereocenters. The monoisotopic (exact) mass is 381 g/mol. The minimum Gasteiger partial charge on any atom is -0.488 e. The Balaban J connectivity index is 1.98. The maximum absolute atomic E-state index is 12.8. The van der Waals surface area contributed by atoms with Crippen LogP contribution in [0.2, 0.25) is 0 Å². The van der Waals surface area contributed by atoms with Crippen molar-refractivity contribution in [2.45, 2.75) is 6.61 Å². The van der Waals surface area contributed by atoms with Crippen LogP contribution in [0.1, 0.15) is 11.1 Å². The summed E-state index contributed by atoms with van der Waals surface area (Å²) in [5.74, 6) is 0.419. The third kappa shape index (κ3) is 5.09. The van der Waals surface area contributed by atoms with Crippen molar-refractivity contribution in [1.82, 2.24) is 5.43 Å². The molecule has 3 N–H and O–H groups in total. The van der Waals surface area contributed by atoms with Gasteiger partial charge in [0.15, 0.2) is 5.11 Å². The van der Waals surface area contributed by atoms with Gasteiger partial charge in [-0.15, -0.1) is 0 Å². The molecule has 0 unspecified atom stereocenters. The molecule has 2 aromatic rings. The lowest BCUT2D eigenvalue weighted by molar-refractivity contribution is 0.304. The van der Waals surface area contributed by atoms with E-state index in [4.69, 9.17) is 10.5 Å². The first-order valence-corrected chi connectivity index (χ1v) is 7.50. The average molecular weight is 382 g/mol. The highest BCUT2D eigenvalue weighted by molar-refractivity contribution is 9.10. The van der Waals surface area contributed by atoms with E-state index in [1.165, 1.54) is 12.1 Å². The van der Waals surface area contributed by atoms with E-state index in [-0.39, 0.29) is 10.9 Å². The van der Waals surface area contributed by atoms with Crippen molar-refractivity contribution in [3.05, 3.63) is 63.9 Å². The van der Waals surface area contributed by atoms with Crippen LogP contribution in [-0.2, 0) is 6.61 Å². The minimum atomic E-state index is -0.265. The maximum atomic E-state index is 12.8. The van der Waals surface area contributed by atoms with E-state index >= 15 is 0 Å². The quantitative estimate of drug-likeness (QED) is 0.473. The van der Waals surface area contributed by atoms with Gasteiger partial charge in [0, 0.05) is 0 Å². The number of hydrazone groups is 1. The molecule has 22 heavy (non-hydrogen) atoms. The molecule has 2 rings (SSSR count). The molecule has 0 saturated carbocycles. The Labute approximate surface area is 141 Å². The first-order chi connectivity index (χ1) is 10.5. The fraction of sp³-hybridized carbons (Fsp3) is 0.0667. The lowest BCUT2D eigenvalue weighted by Crippen LogP contribution is -2.23. The van der Waals surface area contributed by atoms with Crippen molar-refractivity contribution in [2.24, 2.45) is 10.8 Å². The molecule has 2 aromatic carbocycles. The van der Waals surface area contributed by atoms with Gasteiger partial charge in [0.1, 0.15) is 18.2 Å². The second-order valence-electron chi connectivity index (χ2n) is 4.34. The first-order valence-electron chi connectivity index (χ1n) is 6.30. The summed E-state index contributed by atoms with van der Waals surface area (Å²) in [4.78, 5) is 0. The number of halogens is 2. The van der Waals surface area contributed by atoms with E-state index in [1.807, 2.05) is 18.2 Å². The number of rotatable bonds is 5. The Bertz CT molecular complexity index is 692. The Morgan fingerprint density at radius 3 is 2.68 bits per heavy atom. The highest BCUT2D eigenvalue weighted by Gasteiger charge is 2.03. The number of ether oxygens (including phenoxy) is 1. The van der Waals surface area contributed by atoms with Gasteiger partial charge in [-0.1, -0.05) is 12.1 Å².